The second-order valence-corrected chi connectivity index (χ2v) is 6.85. The number of allylic oxidation sites excluding steroid dienone is 3. The number of ether oxygens (including phenoxy) is 2. The topological polar surface area (TPSA) is 69.7 Å². The average Bonchev–Trinajstić information content (AvgIpc) is 2.85. The normalized spacial score (nSPS) is 29.5. The number of Topliss-reactive ketones (excluding diaryl/α,β-unsaturated/α-hetero) is 2. The zero-order valence-corrected chi connectivity index (χ0v) is 14.9. The molecule has 3 aliphatic rings. The van der Waals surface area contributed by atoms with Gasteiger partial charge in [0.15, 0.2) is 11.4 Å². The highest BCUT2D eigenvalue weighted by atomic mass is 16.6. The summed E-state index contributed by atoms with van der Waals surface area (Å²) in [4.78, 5) is 38.0. The molecule has 0 bridgehead atoms. The van der Waals surface area contributed by atoms with E-state index in [2.05, 4.69) is 0 Å². The molecule has 1 aliphatic carbocycles. The predicted octanol–water partition coefficient (Wildman–Crippen LogP) is 3.18. The lowest BCUT2D eigenvalue weighted by Gasteiger charge is -2.36. The van der Waals surface area contributed by atoms with Gasteiger partial charge in [0, 0.05) is 17.4 Å². The third-order valence-electron chi connectivity index (χ3n) is 5.22. The molecule has 0 saturated heterocycles. The summed E-state index contributed by atoms with van der Waals surface area (Å²) in [6.07, 6.45) is 7.98. The summed E-state index contributed by atoms with van der Waals surface area (Å²) >= 11 is 0. The first-order valence-electron chi connectivity index (χ1n) is 8.60. The van der Waals surface area contributed by atoms with Gasteiger partial charge in [-0.3, -0.25) is 9.59 Å². The van der Waals surface area contributed by atoms with E-state index in [4.69, 9.17) is 9.47 Å². The van der Waals surface area contributed by atoms with E-state index in [-0.39, 0.29) is 29.0 Å². The Labute approximate surface area is 147 Å². The molecule has 0 aromatic rings. The molecule has 1 saturated carbocycles. The quantitative estimate of drug-likeness (QED) is 0.580. The number of esters is 1. The van der Waals surface area contributed by atoms with Crippen LogP contribution in [0.25, 0.3) is 0 Å². The van der Waals surface area contributed by atoms with Crippen LogP contribution in [0.15, 0.2) is 47.0 Å². The van der Waals surface area contributed by atoms with Crippen molar-refractivity contribution in [3.05, 3.63) is 47.0 Å². The molecule has 0 spiro atoms. The van der Waals surface area contributed by atoms with Crippen molar-refractivity contribution in [2.75, 3.05) is 0 Å². The number of hydrogen-bond acceptors (Lipinski definition) is 5. The van der Waals surface area contributed by atoms with Crippen LogP contribution < -0.4 is 0 Å². The summed E-state index contributed by atoms with van der Waals surface area (Å²) < 4.78 is 10.9. The van der Waals surface area contributed by atoms with Crippen LogP contribution in [0.4, 0.5) is 0 Å². The van der Waals surface area contributed by atoms with Gasteiger partial charge in [-0.15, -0.1) is 0 Å². The van der Waals surface area contributed by atoms with Gasteiger partial charge in [-0.2, -0.15) is 0 Å². The van der Waals surface area contributed by atoms with Crippen molar-refractivity contribution in [1.29, 1.82) is 0 Å². The van der Waals surface area contributed by atoms with E-state index in [1.54, 1.807) is 13.8 Å². The fraction of sp³-hybridized carbons (Fsp3) is 0.450. The Balaban J connectivity index is 2.08. The fourth-order valence-electron chi connectivity index (χ4n) is 3.51. The molecular weight excluding hydrogens is 320 g/mol. The molecule has 2 aliphatic heterocycles. The van der Waals surface area contributed by atoms with E-state index in [0.717, 1.165) is 0 Å². The largest absolute Gasteiger partial charge is 0.465 e. The van der Waals surface area contributed by atoms with Gasteiger partial charge in [-0.1, -0.05) is 19.9 Å². The molecule has 0 N–H and O–H groups in total. The SMILES string of the molecule is C/C=C\C1=CC2CC3=C(C(=O)C(C)CC)C(=O)OC3(C)C(=O)C2=CO1. The first-order valence-corrected chi connectivity index (χ1v) is 8.60. The zero-order valence-electron chi connectivity index (χ0n) is 14.9. The summed E-state index contributed by atoms with van der Waals surface area (Å²) in [6.45, 7) is 7.13. The van der Waals surface area contributed by atoms with E-state index in [9.17, 15) is 14.4 Å². The van der Waals surface area contributed by atoms with Crippen LogP contribution in [-0.2, 0) is 23.9 Å². The van der Waals surface area contributed by atoms with Crippen LogP contribution in [0.1, 0.15) is 40.5 Å². The Kier molecular flexibility index (Phi) is 4.27. The first-order chi connectivity index (χ1) is 11.8. The standard InChI is InChI=1S/C20H22O5/c1-5-7-13-8-12-9-15-16(17(21)11(3)6-2)19(23)25-20(15,4)18(22)14(12)10-24-13/h5,7-8,10-12H,6,9H2,1-4H3/b7-5-. The molecule has 0 radical (unpaired) electrons. The molecular formula is C20H22O5. The van der Waals surface area contributed by atoms with Crippen LogP contribution >= 0.6 is 0 Å². The zero-order chi connectivity index (χ0) is 18.4. The molecule has 5 nitrogen and oxygen atoms in total. The van der Waals surface area contributed by atoms with Gasteiger partial charge in [0.25, 0.3) is 0 Å². The lowest BCUT2D eigenvalue weighted by molar-refractivity contribution is -0.154. The second kappa shape index (κ2) is 6.14. The molecule has 1 fully saturated rings. The summed E-state index contributed by atoms with van der Waals surface area (Å²) in [6, 6.07) is 0. The fourth-order valence-corrected chi connectivity index (χ4v) is 3.51. The summed E-state index contributed by atoms with van der Waals surface area (Å²) in [5.74, 6) is -1.09. The predicted molar refractivity (Wildman–Crippen MR) is 91.2 cm³/mol. The van der Waals surface area contributed by atoms with Crippen molar-refractivity contribution < 1.29 is 23.9 Å². The molecule has 132 valence electrons. The maximum absolute atomic E-state index is 13.0. The summed E-state index contributed by atoms with van der Waals surface area (Å²) in [7, 11) is 0. The lowest BCUT2D eigenvalue weighted by atomic mass is 9.70. The molecule has 3 unspecified atom stereocenters. The minimum Gasteiger partial charge on any atom is -0.465 e. The number of rotatable bonds is 4. The van der Waals surface area contributed by atoms with Gasteiger partial charge in [0.2, 0.25) is 5.78 Å². The van der Waals surface area contributed by atoms with Crippen molar-refractivity contribution >= 4 is 17.5 Å². The van der Waals surface area contributed by atoms with Crippen molar-refractivity contribution in [3.8, 4) is 0 Å². The third-order valence-corrected chi connectivity index (χ3v) is 5.22. The smallest absolute Gasteiger partial charge is 0.343 e. The van der Waals surface area contributed by atoms with Crippen molar-refractivity contribution in [3.63, 3.8) is 0 Å². The van der Waals surface area contributed by atoms with Gasteiger partial charge in [-0.05, 0) is 44.4 Å². The minimum atomic E-state index is -1.40. The van der Waals surface area contributed by atoms with Crippen LogP contribution in [0, 0.1) is 11.8 Å². The number of carbonyl (C=O) groups is 3. The summed E-state index contributed by atoms with van der Waals surface area (Å²) in [5.41, 5.74) is -0.345. The Bertz CT molecular complexity index is 780. The Hall–Kier alpha value is -2.43. The molecule has 0 amide bonds. The van der Waals surface area contributed by atoms with Crippen LogP contribution in [0.3, 0.4) is 0 Å². The van der Waals surface area contributed by atoms with Crippen LogP contribution in [0.5, 0.6) is 0 Å². The molecule has 2 heterocycles. The van der Waals surface area contributed by atoms with E-state index in [1.807, 2.05) is 32.1 Å². The van der Waals surface area contributed by atoms with Gasteiger partial charge in [-0.25, -0.2) is 4.79 Å². The Morgan fingerprint density at radius 1 is 1.44 bits per heavy atom. The van der Waals surface area contributed by atoms with Gasteiger partial charge < -0.3 is 9.47 Å². The highest BCUT2D eigenvalue weighted by Gasteiger charge is 2.56. The van der Waals surface area contributed by atoms with Crippen LogP contribution in [-0.4, -0.2) is 23.1 Å². The maximum Gasteiger partial charge on any atom is 0.343 e. The number of ketones is 2. The summed E-state index contributed by atoms with van der Waals surface area (Å²) in [5, 5.41) is 0. The third kappa shape index (κ3) is 2.58. The first kappa shape index (κ1) is 17.4. The van der Waals surface area contributed by atoms with Crippen molar-refractivity contribution in [1.82, 2.24) is 0 Å². The number of fused-ring (bicyclic) bond motifs is 2. The lowest BCUT2D eigenvalue weighted by Crippen LogP contribution is -2.45. The average molecular weight is 342 g/mol. The van der Waals surface area contributed by atoms with E-state index in [1.165, 1.54) is 6.26 Å². The van der Waals surface area contributed by atoms with Crippen molar-refractivity contribution in [2.45, 2.75) is 46.1 Å². The van der Waals surface area contributed by atoms with E-state index >= 15 is 0 Å². The van der Waals surface area contributed by atoms with E-state index in [0.29, 0.717) is 29.7 Å². The second-order valence-electron chi connectivity index (χ2n) is 6.85. The van der Waals surface area contributed by atoms with Gasteiger partial charge in [0.05, 0.1) is 6.26 Å². The highest BCUT2D eigenvalue weighted by molar-refractivity contribution is 6.24. The van der Waals surface area contributed by atoms with Gasteiger partial charge in [0.1, 0.15) is 11.3 Å². The number of hydrogen-bond donors (Lipinski definition) is 0. The van der Waals surface area contributed by atoms with Crippen LogP contribution in [0.2, 0.25) is 0 Å². The van der Waals surface area contributed by atoms with Crippen molar-refractivity contribution in [2.24, 2.45) is 11.8 Å². The highest BCUT2D eigenvalue weighted by Crippen LogP contribution is 2.47. The van der Waals surface area contributed by atoms with Gasteiger partial charge >= 0.3 is 5.97 Å². The Morgan fingerprint density at radius 2 is 2.16 bits per heavy atom. The molecule has 3 atom stereocenters. The molecule has 0 aromatic heterocycles. The maximum atomic E-state index is 13.0. The Morgan fingerprint density at radius 3 is 2.80 bits per heavy atom. The van der Waals surface area contributed by atoms with E-state index < -0.39 is 11.6 Å². The molecule has 5 heteroatoms. The molecule has 3 rings (SSSR count). The monoisotopic (exact) mass is 342 g/mol. The molecule has 25 heavy (non-hydrogen) atoms. The number of carbonyl (C=O) groups excluding carboxylic acids is 3. The minimum absolute atomic E-state index is 0.0664. The molecule has 0 aromatic carbocycles.